The Hall–Kier alpha value is -1.10. The van der Waals surface area contributed by atoms with Gasteiger partial charge >= 0.3 is 5.97 Å². The van der Waals surface area contributed by atoms with Crippen molar-refractivity contribution in [1.82, 2.24) is 10.6 Å². The number of hydrogen-bond donors (Lipinski definition) is 3. The Kier molecular flexibility index (Phi) is 5.25. The Morgan fingerprint density at radius 3 is 2.62 bits per heavy atom. The summed E-state index contributed by atoms with van der Waals surface area (Å²) in [5, 5.41) is 14.7. The van der Waals surface area contributed by atoms with Crippen LogP contribution in [0.5, 0.6) is 0 Å². The van der Waals surface area contributed by atoms with Gasteiger partial charge in [-0.05, 0) is 19.3 Å². The Bertz CT molecular complexity index is 252. The molecule has 1 saturated carbocycles. The fraction of sp³-hybridized carbons (Fsp3) is 0.818. The van der Waals surface area contributed by atoms with Crippen LogP contribution in [0.3, 0.4) is 0 Å². The minimum atomic E-state index is -0.848. The largest absolute Gasteiger partial charge is 0.481 e. The summed E-state index contributed by atoms with van der Waals surface area (Å²) in [4.78, 5) is 22.0. The second kappa shape index (κ2) is 6.48. The fourth-order valence-electron chi connectivity index (χ4n) is 1.41. The molecule has 3 N–H and O–H groups in total. The maximum Gasteiger partial charge on any atom is 0.308 e. The molecule has 1 atom stereocenters. The first-order valence-electron chi connectivity index (χ1n) is 5.86. The lowest BCUT2D eigenvalue weighted by Gasteiger charge is -2.11. The predicted molar refractivity (Wildman–Crippen MR) is 60.1 cm³/mol. The maximum atomic E-state index is 11.3. The molecule has 0 aromatic rings. The lowest BCUT2D eigenvalue weighted by Crippen LogP contribution is -2.34. The van der Waals surface area contributed by atoms with E-state index in [-0.39, 0.29) is 12.5 Å². The van der Waals surface area contributed by atoms with Gasteiger partial charge in [0.25, 0.3) is 0 Å². The van der Waals surface area contributed by atoms with Crippen molar-refractivity contribution in [1.29, 1.82) is 0 Å². The highest BCUT2D eigenvalue weighted by atomic mass is 16.4. The summed E-state index contributed by atoms with van der Waals surface area (Å²) >= 11 is 0. The Balaban J connectivity index is 2.05. The zero-order chi connectivity index (χ0) is 12.0. The van der Waals surface area contributed by atoms with E-state index in [2.05, 4.69) is 10.6 Å². The summed E-state index contributed by atoms with van der Waals surface area (Å²) in [6, 6.07) is 0.607. The molecule has 1 unspecified atom stereocenters. The molecule has 16 heavy (non-hydrogen) atoms. The number of aliphatic carboxylic acids is 1. The summed E-state index contributed by atoms with van der Waals surface area (Å²) in [5.74, 6) is -1.40. The topological polar surface area (TPSA) is 78.4 Å². The van der Waals surface area contributed by atoms with Gasteiger partial charge in [-0.1, -0.05) is 6.92 Å². The molecular formula is C11H20N2O3. The number of carboxylic acids is 1. The van der Waals surface area contributed by atoms with Crippen LogP contribution in [0.2, 0.25) is 0 Å². The van der Waals surface area contributed by atoms with Crippen molar-refractivity contribution in [3.05, 3.63) is 0 Å². The maximum absolute atomic E-state index is 11.3. The molecular weight excluding hydrogens is 208 g/mol. The first-order valence-corrected chi connectivity index (χ1v) is 5.86. The highest BCUT2D eigenvalue weighted by Crippen LogP contribution is 2.18. The molecule has 5 nitrogen and oxygen atoms in total. The van der Waals surface area contributed by atoms with E-state index in [1.54, 1.807) is 6.92 Å². The molecule has 0 aromatic heterocycles. The van der Waals surface area contributed by atoms with Gasteiger partial charge in [0.15, 0.2) is 0 Å². The molecule has 0 heterocycles. The number of rotatable bonds is 8. The standard InChI is InChI=1S/C11H20N2O3/c1-2-8(11(15)16)7-13-10(14)5-6-12-9-3-4-9/h8-9,12H,2-7H2,1H3,(H,13,14)(H,15,16). The molecule has 1 aliphatic rings. The first-order chi connectivity index (χ1) is 7.63. The summed E-state index contributed by atoms with van der Waals surface area (Å²) < 4.78 is 0. The molecule has 0 bridgehead atoms. The molecule has 5 heteroatoms. The Morgan fingerprint density at radius 1 is 1.44 bits per heavy atom. The predicted octanol–water partition coefficient (Wildman–Crippen LogP) is 0.355. The Labute approximate surface area is 95.6 Å². The van der Waals surface area contributed by atoms with Gasteiger partial charge in [-0.2, -0.15) is 0 Å². The van der Waals surface area contributed by atoms with E-state index in [9.17, 15) is 9.59 Å². The van der Waals surface area contributed by atoms with Crippen molar-refractivity contribution in [2.45, 2.75) is 38.6 Å². The van der Waals surface area contributed by atoms with Crippen molar-refractivity contribution in [3.8, 4) is 0 Å². The van der Waals surface area contributed by atoms with Gasteiger partial charge in [0.1, 0.15) is 0 Å². The van der Waals surface area contributed by atoms with E-state index in [4.69, 9.17) is 5.11 Å². The van der Waals surface area contributed by atoms with E-state index in [1.165, 1.54) is 12.8 Å². The molecule has 1 fully saturated rings. The van der Waals surface area contributed by atoms with E-state index < -0.39 is 11.9 Å². The lowest BCUT2D eigenvalue weighted by molar-refractivity contribution is -0.141. The number of nitrogens with one attached hydrogen (secondary N) is 2. The van der Waals surface area contributed by atoms with Crippen LogP contribution in [0, 0.1) is 5.92 Å². The third-order valence-electron chi connectivity index (χ3n) is 2.75. The van der Waals surface area contributed by atoms with Crippen molar-refractivity contribution in [2.24, 2.45) is 5.92 Å². The molecule has 0 saturated heterocycles. The monoisotopic (exact) mass is 228 g/mol. The van der Waals surface area contributed by atoms with Crippen LogP contribution in [-0.2, 0) is 9.59 Å². The third-order valence-corrected chi connectivity index (χ3v) is 2.75. The average molecular weight is 228 g/mol. The number of amides is 1. The molecule has 0 aliphatic heterocycles. The van der Waals surface area contributed by atoms with Crippen molar-refractivity contribution < 1.29 is 14.7 Å². The van der Waals surface area contributed by atoms with E-state index in [1.807, 2.05) is 0 Å². The van der Waals surface area contributed by atoms with Crippen molar-refractivity contribution in [3.63, 3.8) is 0 Å². The number of carbonyl (C=O) groups excluding carboxylic acids is 1. The molecule has 0 radical (unpaired) electrons. The normalized spacial score (nSPS) is 16.8. The average Bonchev–Trinajstić information content (AvgIpc) is 3.02. The number of carbonyl (C=O) groups is 2. The summed E-state index contributed by atoms with van der Waals surface area (Å²) in [5.41, 5.74) is 0. The van der Waals surface area contributed by atoms with Gasteiger partial charge in [0, 0.05) is 25.6 Å². The van der Waals surface area contributed by atoms with Crippen LogP contribution >= 0.6 is 0 Å². The smallest absolute Gasteiger partial charge is 0.308 e. The van der Waals surface area contributed by atoms with Crippen LogP contribution in [0.25, 0.3) is 0 Å². The van der Waals surface area contributed by atoms with Crippen LogP contribution in [-0.4, -0.2) is 36.1 Å². The minimum Gasteiger partial charge on any atom is -0.481 e. The zero-order valence-corrected chi connectivity index (χ0v) is 9.66. The quantitative estimate of drug-likeness (QED) is 0.560. The summed E-state index contributed by atoms with van der Waals surface area (Å²) in [6.45, 7) is 2.72. The first kappa shape index (κ1) is 13.0. The van der Waals surface area contributed by atoms with E-state index in [0.717, 1.165) is 0 Å². The fourth-order valence-corrected chi connectivity index (χ4v) is 1.41. The lowest BCUT2D eigenvalue weighted by atomic mass is 10.1. The van der Waals surface area contributed by atoms with Crippen LogP contribution in [0.4, 0.5) is 0 Å². The number of hydrogen-bond acceptors (Lipinski definition) is 3. The zero-order valence-electron chi connectivity index (χ0n) is 9.66. The van der Waals surface area contributed by atoms with E-state index >= 15 is 0 Å². The van der Waals surface area contributed by atoms with Crippen molar-refractivity contribution >= 4 is 11.9 Å². The van der Waals surface area contributed by atoms with Crippen LogP contribution in [0.1, 0.15) is 32.6 Å². The van der Waals surface area contributed by atoms with Gasteiger partial charge < -0.3 is 15.7 Å². The van der Waals surface area contributed by atoms with Gasteiger partial charge in [-0.3, -0.25) is 9.59 Å². The molecule has 92 valence electrons. The third kappa shape index (κ3) is 5.11. The second-order valence-corrected chi connectivity index (χ2v) is 4.23. The number of carboxylic acid groups (broad SMARTS) is 1. The second-order valence-electron chi connectivity index (χ2n) is 4.23. The summed E-state index contributed by atoms with van der Waals surface area (Å²) in [7, 11) is 0. The van der Waals surface area contributed by atoms with E-state index in [0.29, 0.717) is 25.4 Å². The molecule has 0 spiro atoms. The Morgan fingerprint density at radius 2 is 2.12 bits per heavy atom. The highest BCUT2D eigenvalue weighted by molar-refractivity contribution is 5.77. The summed E-state index contributed by atoms with van der Waals surface area (Å²) in [6.07, 6.45) is 3.37. The molecule has 1 amide bonds. The molecule has 1 aliphatic carbocycles. The van der Waals surface area contributed by atoms with Gasteiger partial charge in [-0.15, -0.1) is 0 Å². The highest BCUT2D eigenvalue weighted by Gasteiger charge is 2.20. The van der Waals surface area contributed by atoms with Crippen LogP contribution < -0.4 is 10.6 Å². The van der Waals surface area contributed by atoms with Crippen molar-refractivity contribution in [2.75, 3.05) is 13.1 Å². The van der Waals surface area contributed by atoms with Gasteiger partial charge in [0.2, 0.25) is 5.91 Å². The van der Waals surface area contributed by atoms with Gasteiger partial charge in [-0.25, -0.2) is 0 Å². The minimum absolute atomic E-state index is 0.0761. The molecule has 1 rings (SSSR count). The van der Waals surface area contributed by atoms with Gasteiger partial charge in [0.05, 0.1) is 5.92 Å². The van der Waals surface area contributed by atoms with Crippen LogP contribution in [0.15, 0.2) is 0 Å². The SMILES string of the molecule is CCC(CNC(=O)CCNC1CC1)C(=O)O. The molecule has 0 aromatic carbocycles.